The SMILES string of the molecule is CC/C=C\C/C=C\C/C=C\C/C=C\C/C=C\C/C=C\CCCCCCCCCCCCC(=O)OCC(O)COP(=O)(O)OCC(O)COP(=O)(O)OCC(COC(=O)CCCCCCCCC/C=C\C/C=C\C/C=C\C/C=C\CCCCC)OC(=O)CCCCCCC/C=C\CCCCCC. The summed E-state index contributed by atoms with van der Waals surface area (Å²) in [6, 6.07) is 0. The van der Waals surface area contributed by atoms with Gasteiger partial charge in [0.1, 0.15) is 25.4 Å². The zero-order valence-electron chi connectivity index (χ0n) is 63.3. The summed E-state index contributed by atoms with van der Waals surface area (Å²) in [6.07, 6.45) is 90.7. The van der Waals surface area contributed by atoms with Crippen molar-refractivity contribution in [3.05, 3.63) is 134 Å². The van der Waals surface area contributed by atoms with Gasteiger partial charge >= 0.3 is 33.6 Å². The Morgan fingerprint density at radius 3 is 0.861 bits per heavy atom. The Morgan fingerprint density at radius 1 is 0.287 bits per heavy atom. The predicted molar refractivity (Wildman–Crippen MR) is 417 cm³/mol. The molecule has 0 aliphatic rings. The van der Waals surface area contributed by atoms with Crippen LogP contribution in [0.25, 0.3) is 0 Å². The predicted octanol–water partition coefficient (Wildman–Crippen LogP) is 23.1. The molecule has 5 atom stereocenters. The molecule has 5 unspecified atom stereocenters. The first kappa shape index (κ1) is 96.7. The minimum atomic E-state index is -4.94. The molecule has 0 bridgehead atoms. The quantitative estimate of drug-likeness (QED) is 0.0146. The number of carbonyl (C=O) groups is 3. The van der Waals surface area contributed by atoms with E-state index in [2.05, 4.69) is 154 Å². The standard InChI is InChI=1S/C83H142O16P2/c1-4-7-10-13-16-19-22-25-27-29-31-33-35-36-37-38-39-40-42-44-45-47-49-52-54-57-60-63-66-69-81(86)93-72-78(84)73-95-100(89,90)96-74-79(85)75-97-101(91,92)98-77-80(99-83(88)71-68-65-62-59-56-51-24-21-18-15-12-9-6-3)76-94-82(87)70-67-64-61-58-55-53-50-48-46-43-41-34-32-30-28-26-23-20-17-14-11-8-5-2/h7,10,16-17,19-21,24-28,31-34,36-37,39-40,43,46,78-80,84-85H,4-6,8-9,11-15,18,22-23,29-30,35,38,41-42,44-45,47-77H2,1-3H3,(H,89,90)(H,91,92)/b10-7-,19-16-,20-17-,24-21-,27-25-,28-26-,33-31-,34-32-,37-36-,40-39-,46-43-. The maximum Gasteiger partial charge on any atom is 0.472 e. The number of phosphoric ester groups is 2. The van der Waals surface area contributed by atoms with E-state index in [1.807, 2.05) is 0 Å². The molecule has 18 heteroatoms. The molecular formula is C83H142O16P2. The van der Waals surface area contributed by atoms with Crippen LogP contribution in [0.15, 0.2) is 134 Å². The molecule has 101 heavy (non-hydrogen) atoms. The fourth-order valence-corrected chi connectivity index (χ4v) is 11.9. The number of esters is 3. The first-order valence-electron chi connectivity index (χ1n) is 39.5. The minimum absolute atomic E-state index is 0.0901. The van der Waals surface area contributed by atoms with Crippen LogP contribution in [0.4, 0.5) is 0 Å². The lowest BCUT2D eigenvalue weighted by Gasteiger charge is -2.21. The molecule has 0 aromatic rings. The monoisotopic (exact) mass is 1460 g/mol. The molecule has 580 valence electrons. The molecular weight excluding hydrogens is 1310 g/mol. The highest BCUT2D eigenvalue weighted by atomic mass is 31.2. The third kappa shape index (κ3) is 76.6. The Balaban J connectivity index is 4.53. The van der Waals surface area contributed by atoms with Crippen LogP contribution in [0.1, 0.15) is 316 Å². The number of hydrogen-bond acceptors (Lipinski definition) is 14. The number of carbonyl (C=O) groups excluding carboxylic acids is 3. The van der Waals surface area contributed by atoms with E-state index < -0.39 is 91.5 Å². The summed E-state index contributed by atoms with van der Waals surface area (Å²) in [5, 5.41) is 20.6. The van der Waals surface area contributed by atoms with Crippen molar-refractivity contribution in [2.24, 2.45) is 0 Å². The summed E-state index contributed by atoms with van der Waals surface area (Å²) < 4.78 is 61.1. The topological polar surface area (TPSA) is 231 Å². The number of phosphoric acid groups is 2. The van der Waals surface area contributed by atoms with Gasteiger partial charge in [-0.15, -0.1) is 0 Å². The van der Waals surface area contributed by atoms with Crippen LogP contribution in [0, 0.1) is 0 Å². The first-order valence-corrected chi connectivity index (χ1v) is 42.5. The van der Waals surface area contributed by atoms with Gasteiger partial charge < -0.3 is 34.2 Å². The van der Waals surface area contributed by atoms with Crippen LogP contribution < -0.4 is 0 Å². The van der Waals surface area contributed by atoms with Crippen LogP contribution in [0.2, 0.25) is 0 Å². The lowest BCUT2D eigenvalue weighted by Crippen LogP contribution is -2.30. The Bertz CT molecular complexity index is 2370. The molecule has 0 aliphatic carbocycles. The van der Waals surface area contributed by atoms with E-state index in [0.717, 1.165) is 173 Å². The number of hydrogen-bond donors (Lipinski definition) is 4. The number of aliphatic hydroxyl groups excluding tert-OH is 2. The summed E-state index contributed by atoms with van der Waals surface area (Å²) in [7, 11) is -9.80. The second-order valence-electron chi connectivity index (χ2n) is 26.1. The average Bonchev–Trinajstić information content (AvgIpc) is 0.933. The number of unbranched alkanes of at least 4 members (excludes halogenated alkanes) is 29. The van der Waals surface area contributed by atoms with Gasteiger partial charge in [-0.2, -0.15) is 0 Å². The molecule has 0 aromatic carbocycles. The van der Waals surface area contributed by atoms with Gasteiger partial charge in [-0.25, -0.2) is 9.13 Å². The molecule has 0 saturated carbocycles. The summed E-state index contributed by atoms with van der Waals surface area (Å²) in [5.41, 5.74) is 0. The van der Waals surface area contributed by atoms with Crippen LogP contribution in [0.5, 0.6) is 0 Å². The van der Waals surface area contributed by atoms with E-state index in [4.69, 9.17) is 32.3 Å². The van der Waals surface area contributed by atoms with Gasteiger partial charge in [0.05, 0.1) is 26.4 Å². The summed E-state index contributed by atoms with van der Waals surface area (Å²) >= 11 is 0. The van der Waals surface area contributed by atoms with Gasteiger partial charge in [0.25, 0.3) is 0 Å². The number of rotatable bonds is 74. The Kier molecular flexibility index (Phi) is 72.2. The van der Waals surface area contributed by atoms with E-state index in [1.165, 1.54) is 83.5 Å². The normalized spacial score (nSPS) is 14.7. The van der Waals surface area contributed by atoms with Crippen molar-refractivity contribution >= 4 is 33.6 Å². The molecule has 16 nitrogen and oxygen atoms in total. The molecule has 0 amide bonds. The fourth-order valence-electron chi connectivity index (χ4n) is 10.3. The zero-order valence-corrected chi connectivity index (χ0v) is 65.1. The van der Waals surface area contributed by atoms with Crippen molar-refractivity contribution in [1.29, 1.82) is 0 Å². The minimum Gasteiger partial charge on any atom is -0.463 e. The van der Waals surface area contributed by atoms with Crippen molar-refractivity contribution < 1.29 is 75.8 Å². The van der Waals surface area contributed by atoms with Gasteiger partial charge in [0.15, 0.2) is 6.10 Å². The van der Waals surface area contributed by atoms with Crippen molar-refractivity contribution in [3.8, 4) is 0 Å². The van der Waals surface area contributed by atoms with Crippen molar-refractivity contribution in [2.45, 2.75) is 334 Å². The molecule has 0 spiro atoms. The van der Waals surface area contributed by atoms with Crippen LogP contribution in [-0.2, 0) is 55.8 Å². The summed E-state index contributed by atoms with van der Waals surface area (Å²) in [6.45, 7) is 2.50. The lowest BCUT2D eigenvalue weighted by molar-refractivity contribution is -0.161. The summed E-state index contributed by atoms with van der Waals surface area (Å²) in [4.78, 5) is 58.6. The van der Waals surface area contributed by atoms with E-state index in [1.54, 1.807) is 0 Å². The largest absolute Gasteiger partial charge is 0.472 e. The average molecular weight is 1460 g/mol. The molecule has 0 radical (unpaired) electrons. The highest BCUT2D eigenvalue weighted by molar-refractivity contribution is 7.47. The number of allylic oxidation sites excluding steroid dienone is 22. The number of ether oxygens (including phenoxy) is 3. The van der Waals surface area contributed by atoms with E-state index in [9.17, 15) is 43.5 Å². The molecule has 0 aliphatic heterocycles. The van der Waals surface area contributed by atoms with Crippen LogP contribution >= 0.6 is 15.6 Å². The van der Waals surface area contributed by atoms with Crippen LogP contribution in [-0.4, -0.2) is 95.9 Å². The van der Waals surface area contributed by atoms with E-state index >= 15 is 0 Å². The second-order valence-corrected chi connectivity index (χ2v) is 29.0. The highest BCUT2D eigenvalue weighted by Gasteiger charge is 2.29. The third-order valence-corrected chi connectivity index (χ3v) is 18.2. The zero-order chi connectivity index (χ0) is 73.7. The molecule has 0 saturated heterocycles. The van der Waals surface area contributed by atoms with Gasteiger partial charge in [0.2, 0.25) is 0 Å². The smallest absolute Gasteiger partial charge is 0.463 e. The van der Waals surface area contributed by atoms with Gasteiger partial charge in [-0.1, -0.05) is 289 Å². The fraction of sp³-hybridized carbons (Fsp3) is 0.699. The molecule has 0 aromatic heterocycles. The highest BCUT2D eigenvalue weighted by Crippen LogP contribution is 2.45. The van der Waals surface area contributed by atoms with E-state index in [0.29, 0.717) is 19.3 Å². The van der Waals surface area contributed by atoms with Gasteiger partial charge in [0, 0.05) is 19.3 Å². The van der Waals surface area contributed by atoms with Crippen LogP contribution in [0.3, 0.4) is 0 Å². The van der Waals surface area contributed by atoms with Crippen molar-refractivity contribution in [1.82, 2.24) is 0 Å². The maximum absolute atomic E-state index is 12.9. The third-order valence-electron chi connectivity index (χ3n) is 16.3. The summed E-state index contributed by atoms with van der Waals surface area (Å²) in [5.74, 6) is -1.60. The van der Waals surface area contributed by atoms with E-state index in [-0.39, 0.29) is 19.3 Å². The van der Waals surface area contributed by atoms with Gasteiger partial charge in [-0.05, 0) is 141 Å². The first-order chi connectivity index (χ1) is 49.2. The Labute approximate surface area is 614 Å². The lowest BCUT2D eigenvalue weighted by atomic mass is 10.1. The molecule has 4 N–H and O–H groups in total. The van der Waals surface area contributed by atoms with Crippen molar-refractivity contribution in [3.63, 3.8) is 0 Å². The Hall–Kier alpha value is -4.31. The molecule has 0 heterocycles. The second kappa shape index (κ2) is 75.4. The van der Waals surface area contributed by atoms with Gasteiger partial charge in [-0.3, -0.25) is 32.5 Å². The number of aliphatic hydroxyl groups is 2. The Morgan fingerprint density at radius 2 is 0.525 bits per heavy atom. The molecule has 0 fully saturated rings. The maximum atomic E-state index is 12.9. The van der Waals surface area contributed by atoms with Crippen molar-refractivity contribution in [2.75, 3.05) is 39.6 Å². The molecule has 0 rings (SSSR count).